The smallest absolute Gasteiger partial charge is 0.275 e. The Bertz CT molecular complexity index is 2310. The topological polar surface area (TPSA) is 157 Å². The maximum atomic E-state index is 13.9. The van der Waals surface area contributed by atoms with Crippen molar-refractivity contribution in [3.05, 3.63) is 143 Å². The highest BCUT2D eigenvalue weighted by Gasteiger charge is 2.24. The first-order valence-corrected chi connectivity index (χ1v) is 28.5. The number of hydrazone groups is 2. The molecule has 2 N–H and O–H groups in total. The molecule has 0 aromatic heterocycles. The van der Waals surface area contributed by atoms with Gasteiger partial charge in [0.25, 0.3) is 11.8 Å². The van der Waals surface area contributed by atoms with Crippen LogP contribution in [0, 0.1) is 0 Å². The number of ether oxygens (including phenoxy) is 8. The highest BCUT2D eigenvalue weighted by Crippen LogP contribution is 2.56. The summed E-state index contributed by atoms with van der Waals surface area (Å²) >= 11 is 14.0. The first-order chi connectivity index (χ1) is 34.5. The van der Waals surface area contributed by atoms with E-state index >= 15 is 0 Å². The van der Waals surface area contributed by atoms with E-state index in [2.05, 4.69) is 53.5 Å². The summed E-state index contributed by atoms with van der Waals surface area (Å²) in [6.45, 7) is 3.77. The van der Waals surface area contributed by atoms with E-state index < -0.39 is 11.8 Å². The quantitative estimate of drug-likeness (QED) is 0.0402. The van der Waals surface area contributed by atoms with E-state index in [4.69, 9.17) is 37.9 Å². The number of thioether (sulfide) groups is 8. The van der Waals surface area contributed by atoms with Crippen molar-refractivity contribution in [3.8, 4) is 11.5 Å². The summed E-state index contributed by atoms with van der Waals surface area (Å²) in [5, 5.41) is 21.3. The summed E-state index contributed by atoms with van der Waals surface area (Å²) in [5.74, 6) is -0.967. The van der Waals surface area contributed by atoms with Gasteiger partial charge in [-0.2, -0.15) is 10.2 Å². The van der Waals surface area contributed by atoms with Gasteiger partial charge in [0.1, 0.15) is 24.7 Å². The third-order valence-corrected chi connectivity index (χ3v) is 19.5. The SMILES string of the molecule is COCCOCCOCCOc1cc(C(=O)N/N=C/c2ccc(C3=CSC(=C4SC=CS4)S3)cc2)c(OCCOCCOCCOC)cc1C(=O)N/N=C/c1ccc(C2=CSC(=C3SC=CS3)S2)cc1. The van der Waals surface area contributed by atoms with Gasteiger partial charge in [0.05, 0.1) is 107 Å². The number of hydrogen-bond donors (Lipinski definition) is 2. The molecule has 0 fully saturated rings. The number of carbonyl (C=O) groups is 2. The molecule has 0 atom stereocenters. The molecule has 4 aliphatic heterocycles. The van der Waals surface area contributed by atoms with Gasteiger partial charge < -0.3 is 37.9 Å². The van der Waals surface area contributed by atoms with Crippen LogP contribution in [0.25, 0.3) is 9.81 Å². The van der Waals surface area contributed by atoms with E-state index in [-0.39, 0.29) is 49.1 Å². The molecule has 3 aromatic carbocycles. The lowest BCUT2D eigenvalue weighted by Gasteiger charge is -2.17. The predicted molar refractivity (Wildman–Crippen MR) is 296 cm³/mol. The van der Waals surface area contributed by atoms with Gasteiger partial charge in [-0.3, -0.25) is 9.59 Å². The van der Waals surface area contributed by atoms with Gasteiger partial charge in [0, 0.05) is 24.0 Å². The van der Waals surface area contributed by atoms with Crippen molar-refractivity contribution >= 4 is 128 Å². The normalized spacial score (nSPS) is 15.5. The van der Waals surface area contributed by atoms with Crippen LogP contribution < -0.4 is 20.3 Å². The number of rotatable bonds is 28. The van der Waals surface area contributed by atoms with Crippen molar-refractivity contribution in [1.29, 1.82) is 0 Å². The Morgan fingerprint density at radius 3 is 1.20 bits per heavy atom. The first kappa shape index (κ1) is 54.3. The van der Waals surface area contributed by atoms with Gasteiger partial charge >= 0.3 is 0 Å². The summed E-state index contributed by atoms with van der Waals surface area (Å²) in [6.07, 6.45) is 3.12. The van der Waals surface area contributed by atoms with Crippen LogP contribution in [0.1, 0.15) is 43.0 Å². The molecule has 70 heavy (non-hydrogen) atoms. The second-order valence-corrected chi connectivity index (χ2v) is 22.8. The molecule has 3 aromatic rings. The summed E-state index contributed by atoms with van der Waals surface area (Å²) in [5.41, 5.74) is 9.15. The van der Waals surface area contributed by atoms with Crippen LogP contribution in [0.15, 0.2) is 120 Å². The average Bonchev–Trinajstić information content (AvgIpc) is 4.25. The molecule has 4 heterocycles. The summed E-state index contributed by atoms with van der Waals surface area (Å²) in [4.78, 5) is 30.2. The summed E-state index contributed by atoms with van der Waals surface area (Å²) < 4.78 is 49.8. The predicted octanol–water partition coefficient (Wildman–Crippen LogP) is 11.0. The summed E-state index contributed by atoms with van der Waals surface area (Å²) in [6, 6.07) is 18.8. The number of amides is 2. The summed E-state index contributed by atoms with van der Waals surface area (Å²) in [7, 11) is 3.22. The van der Waals surface area contributed by atoms with E-state index in [1.165, 1.54) is 38.9 Å². The molecule has 0 unspecified atom stereocenters. The molecule has 22 heteroatoms. The molecular weight excluding hydrogens is 1050 g/mol. The Labute approximate surface area is 441 Å². The van der Waals surface area contributed by atoms with Gasteiger partial charge in [-0.25, -0.2) is 10.9 Å². The lowest BCUT2D eigenvalue weighted by atomic mass is 10.1. The molecule has 4 aliphatic rings. The molecule has 370 valence electrons. The van der Waals surface area contributed by atoms with Gasteiger partial charge in [0.2, 0.25) is 0 Å². The monoisotopic (exact) mass is 1100 g/mol. The number of hydrogen-bond acceptors (Lipinski definition) is 20. The third-order valence-electron chi connectivity index (χ3n) is 9.40. The van der Waals surface area contributed by atoms with E-state index in [0.717, 1.165) is 22.3 Å². The minimum Gasteiger partial charge on any atom is -0.490 e. The molecule has 14 nitrogen and oxygen atoms in total. The van der Waals surface area contributed by atoms with E-state index in [0.29, 0.717) is 52.9 Å². The maximum Gasteiger partial charge on any atom is 0.275 e. The molecule has 0 saturated carbocycles. The van der Waals surface area contributed by atoms with Crippen LogP contribution in [0.4, 0.5) is 0 Å². The van der Waals surface area contributed by atoms with E-state index in [1.807, 2.05) is 48.5 Å². The van der Waals surface area contributed by atoms with Gasteiger partial charge in [-0.05, 0) is 66.8 Å². The minimum absolute atomic E-state index is 0.0616. The minimum atomic E-state index is -0.591. The van der Waals surface area contributed by atoms with Crippen LogP contribution in [-0.4, -0.2) is 118 Å². The van der Waals surface area contributed by atoms with Crippen molar-refractivity contribution in [2.45, 2.75) is 0 Å². The van der Waals surface area contributed by atoms with Crippen molar-refractivity contribution in [2.24, 2.45) is 10.2 Å². The Balaban J connectivity index is 1.03. The second kappa shape index (κ2) is 30.5. The van der Waals surface area contributed by atoms with Crippen LogP contribution in [0.2, 0.25) is 0 Å². The molecule has 0 radical (unpaired) electrons. The van der Waals surface area contributed by atoms with Crippen molar-refractivity contribution in [3.63, 3.8) is 0 Å². The van der Waals surface area contributed by atoms with Crippen molar-refractivity contribution < 1.29 is 47.5 Å². The maximum absolute atomic E-state index is 13.9. The van der Waals surface area contributed by atoms with Crippen LogP contribution >= 0.6 is 94.1 Å². The second-order valence-electron chi connectivity index (χ2n) is 14.2. The van der Waals surface area contributed by atoms with Gasteiger partial charge in [-0.1, -0.05) is 143 Å². The zero-order valence-corrected chi connectivity index (χ0v) is 44.7. The highest BCUT2D eigenvalue weighted by atomic mass is 32.2. The lowest BCUT2D eigenvalue weighted by molar-refractivity contribution is 0.0176. The average molecular weight is 1100 g/mol. The standard InChI is InChI=1S/C48H50N4O10S8/c1-55-11-13-57-15-17-59-19-21-61-39-27-38(44(54)52-50-30-34-5-9-36(10-6-34)42-32-68-48(70-42)46-65-25-26-66-46)40(62-22-20-60-18-16-58-14-12-56-2)28-37(39)43(53)51-49-29-33-3-7-35(8-4-33)41-31-67-47(69-41)45-63-23-24-64-45/h3-10,23-32H,11-22H2,1-2H3,(H,51,53)(H,52,54)/b49-29+,50-30+. The lowest BCUT2D eigenvalue weighted by Crippen LogP contribution is -2.23. The fourth-order valence-corrected chi connectivity index (χ4v) is 14.9. The zero-order chi connectivity index (χ0) is 48.6. The number of carbonyl (C=O) groups excluding carboxylic acids is 2. The molecule has 0 bridgehead atoms. The molecule has 7 rings (SSSR count). The number of methoxy groups -OCH3 is 2. The Hall–Kier alpha value is -3.46. The Morgan fingerprint density at radius 2 is 0.829 bits per heavy atom. The van der Waals surface area contributed by atoms with Crippen LogP contribution in [0.5, 0.6) is 11.5 Å². The van der Waals surface area contributed by atoms with Crippen LogP contribution in [-0.2, 0) is 28.4 Å². The third kappa shape index (κ3) is 17.4. The molecule has 0 spiro atoms. The highest BCUT2D eigenvalue weighted by molar-refractivity contribution is 8.35. The first-order valence-electron chi connectivity index (χ1n) is 21.6. The Morgan fingerprint density at radius 1 is 0.471 bits per heavy atom. The molecule has 0 aliphatic carbocycles. The van der Waals surface area contributed by atoms with Gasteiger partial charge in [-0.15, -0.1) is 0 Å². The van der Waals surface area contributed by atoms with E-state index in [9.17, 15) is 9.59 Å². The van der Waals surface area contributed by atoms with Gasteiger partial charge in [0.15, 0.2) is 0 Å². The Kier molecular flexibility index (Phi) is 23.7. The number of benzene rings is 3. The zero-order valence-electron chi connectivity index (χ0n) is 38.1. The van der Waals surface area contributed by atoms with Crippen LogP contribution in [0.3, 0.4) is 0 Å². The van der Waals surface area contributed by atoms with Crippen molar-refractivity contribution in [2.75, 3.05) is 93.5 Å². The fraction of sp³-hybridized carbons (Fsp3) is 0.292. The molecular formula is C48H50N4O10S8. The fourth-order valence-electron chi connectivity index (χ4n) is 5.97. The molecule has 0 saturated heterocycles. The van der Waals surface area contributed by atoms with Crippen molar-refractivity contribution in [1.82, 2.24) is 10.9 Å². The molecule has 2 amide bonds. The largest absolute Gasteiger partial charge is 0.490 e. The van der Waals surface area contributed by atoms with E-state index in [1.54, 1.807) is 121 Å². The number of nitrogens with zero attached hydrogens (tertiary/aromatic N) is 2. The number of nitrogens with one attached hydrogen (secondary N) is 2.